The molecule has 1 saturated heterocycles. The lowest BCUT2D eigenvalue weighted by Crippen LogP contribution is -2.44. The molecular weight excluding hydrogens is 420 g/mol. The molecule has 3 aliphatic rings. The van der Waals surface area contributed by atoms with Crippen molar-refractivity contribution in [2.45, 2.75) is 46.6 Å². The van der Waals surface area contributed by atoms with E-state index in [-0.39, 0.29) is 5.41 Å². The Labute approximate surface area is 203 Å². The molecule has 0 bridgehead atoms. The molecule has 176 valence electrons. The second-order valence-corrected chi connectivity index (χ2v) is 11.1. The van der Waals surface area contributed by atoms with Gasteiger partial charge in [0.1, 0.15) is 18.1 Å². The lowest BCUT2D eigenvalue weighted by molar-refractivity contribution is -0.120. The summed E-state index contributed by atoms with van der Waals surface area (Å²) in [4.78, 5) is 0. The van der Waals surface area contributed by atoms with Crippen molar-refractivity contribution in [2.24, 2.45) is 17.3 Å². The van der Waals surface area contributed by atoms with Crippen LogP contribution in [0.15, 0.2) is 54.6 Å². The molecule has 3 unspecified atom stereocenters. The second kappa shape index (κ2) is 8.16. The van der Waals surface area contributed by atoms with E-state index < -0.39 is 0 Å². The quantitative estimate of drug-likeness (QED) is 0.390. The number of rotatable bonds is 7. The molecule has 2 fully saturated rings. The summed E-state index contributed by atoms with van der Waals surface area (Å²) in [6.45, 7) is 11.8. The van der Waals surface area contributed by atoms with Crippen molar-refractivity contribution in [3.63, 3.8) is 0 Å². The smallest absolute Gasteiger partial charge is 0.120 e. The molecule has 1 saturated carbocycles. The average molecular weight is 455 g/mol. The van der Waals surface area contributed by atoms with E-state index in [0.29, 0.717) is 13.2 Å². The van der Waals surface area contributed by atoms with Crippen molar-refractivity contribution in [2.75, 3.05) is 19.8 Å². The first kappa shape index (κ1) is 21.7. The van der Waals surface area contributed by atoms with Gasteiger partial charge in [0.25, 0.3) is 0 Å². The molecule has 6 rings (SSSR count). The number of hydrogen-bond donors (Lipinski definition) is 0. The van der Waals surface area contributed by atoms with Crippen molar-refractivity contribution < 1.29 is 14.2 Å². The number of fused-ring (bicyclic) bond motifs is 3. The van der Waals surface area contributed by atoms with Crippen LogP contribution in [0.4, 0.5) is 0 Å². The third kappa shape index (κ3) is 3.90. The molecule has 0 spiro atoms. The fraction of sp³-hybridized carbons (Fsp3) is 0.419. The molecule has 1 heterocycles. The van der Waals surface area contributed by atoms with Crippen LogP contribution in [-0.2, 0) is 17.8 Å². The number of ether oxygens (including phenoxy) is 3. The van der Waals surface area contributed by atoms with Crippen LogP contribution in [0.5, 0.6) is 11.5 Å². The van der Waals surface area contributed by atoms with Crippen molar-refractivity contribution in [1.29, 1.82) is 0 Å². The molecule has 3 nitrogen and oxygen atoms in total. The van der Waals surface area contributed by atoms with E-state index in [1.807, 2.05) is 0 Å². The van der Waals surface area contributed by atoms with Gasteiger partial charge >= 0.3 is 0 Å². The Morgan fingerprint density at radius 2 is 1.74 bits per heavy atom. The van der Waals surface area contributed by atoms with Crippen LogP contribution >= 0.6 is 0 Å². The molecule has 0 radical (unpaired) electrons. The minimum absolute atomic E-state index is 0.145. The van der Waals surface area contributed by atoms with Gasteiger partial charge in [0.2, 0.25) is 0 Å². The van der Waals surface area contributed by atoms with Crippen molar-refractivity contribution in [3.05, 3.63) is 82.4 Å². The van der Waals surface area contributed by atoms with Gasteiger partial charge in [0.15, 0.2) is 0 Å². The predicted octanol–water partition coefficient (Wildman–Crippen LogP) is 6.87. The van der Waals surface area contributed by atoms with Crippen LogP contribution in [0.25, 0.3) is 11.1 Å². The SMILES string of the molecule is Cc1cc(OCC2(C)COC2)cc(C)c1-c1cccc(COc2ccc3c(c2)CC2C(C)C32)c1. The predicted molar refractivity (Wildman–Crippen MR) is 136 cm³/mol. The topological polar surface area (TPSA) is 27.7 Å². The van der Waals surface area contributed by atoms with Crippen molar-refractivity contribution in [3.8, 4) is 22.6 Å². The van der Waals surface area contributed by atoms with Crippen LogP contribution in [0.3, 0.4) is 0 Å². The fourth-order valence-electron chi connectivity index (χ4n) is 6.04. The van der Waals surface area contributed by atoms with Crippen molar-refractivity contribution >= 4 is 0 Å². The van der Waals surface area contributed by atoms with Crippen LogP contribution in [-0.4, -0.2) is 19.8 Å². The van der Waals surface area contributed by atoms with E-state index in [2.05, 4.69) is 82.3 Å². The van der Waals surface area contributed by atoms with Gasteiger partial charge in [-0.15, -0.1) is 0 Å². The Balaban J connectivity index is 1.15. The first-order valence-electron chi connectivity index (χ1n) is 12.6. The lowest BCUT2D eigenvalue weighted by Gasteiger charge is -2.37. The second-order valence-electron chi connectivity index (χ2n) is 11.1. The van der Waals surface area contributed by atoms with Crippen LogP contribution in [0.1, 0.15) is 47.6 Å². The van der Waals surface area contributed by atoms with Gasteiger partial charge in [0.05, 0.1) is 19.8 Å². The molecule has 3 aromatic carbocycles. The van der Waals surface area contributed by atoms with Crippen LogP contribution in [0.2, 0.25) is 0 Å². The summed E-state index contributed by atoms with van der Waals surface area (Å²) in [7, 11) is 0. The van der Waals surface area contributed by atoms with Crippen LogP contribution < -0.4 is 9.47 Å². The molecule has 3 heteroatoms. The molecule has 2 aliphatic carbocycles. The van der Waals surface area contributed by atoms with Crippen LogP contribution in [0, 0.1) is 31.1 Å². The Morgan fingerprint density at radius 1 is 0.941 bits per heavy atom. The third-order valence-electron chi connectivity index (χ3n) is 8.11. The van der Waals surface area contributed by atoms with Gasteiger partial charge in [0, 0.05) is 5.41 Å². The van der Waals surface area contributed by atoms with Gasteiger partial charge in [-0.25, -0.2) is 0 Å². The van der Waals surface area contributed by atoms with Gasteiger partial charge in [-0.1, -0.05) is 38.1 Å². The molecule has 3 atom stereocenters. The van der Waals surface area contributed by atoms with E-state index in [1.54, 1.807) is 5.56 Å². The Bertz CT molecular complexity index is 1220. The van der Waals surface area contributed by atoms with Gasteiger partial charge in [-0.2, -0.15) is 0 Å². The number of hydrogen-bond acceptors (Lipinski definition) is 3. The molecule has 0 N–H and O–H groups in total. The maximum absolute atomic E-state index is 6.21. The minimum atomic E-state index is 0.145. The molecular formula is C31H34O3. The first-order chi connectivity index (χ1) is 16.4. The summed E-state index contributed by atoms with van der Waals surface area (Å²) in [5, 5.41) is 0. The highest BCUT2D eigenvalue weighted by Gasteiger charge is 2.52. The first-order valence-corrected chi connectivity index (χ1v) is 12.6. The monoisotopic (exact) mass is 454 g/mol. The highest BCUT2D eigenvalue weighted by atomic mass is 16.5. The number of benzene rings is 3. The standard InChI is InChI=1S/C31H34O3/c1-19-10-26(34-18-31(4)16-32-17-31)11-20(2)29(19)23-7-5-6-22(12-23)15-33-25-8-9-27-24(13-25)14-28-21(3)30(27)28/h5-13,21,28,30H,14-18H2,1-4H3. The van der Waals surface area contributed by atoms with Crippen molar-refractivity contribution in [1.82, 2.24) is 0 Å². The highest BCUT2D eigenvalue weighted by molar-refractivity contribution is 5.72. The summed E-state index contributed by atoms with van der Waals surface area (Å²) < 4.78 is 17.7. The normalized spacial score (nSPS) is 23.6. The zero-order chi connectivity index (χ0) is 23.4. The summed E-state index contributed by atoms with van der Waals surface area (Å²) >= 11 is 0. The Morgan fingerprint density at radius 3 is 2.47 bits per heavy atom. The maximum Gasteiger partial charge on any atom is 0.120 e. The van der Waals surface area contributed by atoms with Gasteiger partial charge < -0.3 is 14.2 Å². The molecule has 34 heavy (non-hydrogen) atoms. The van der Waals surface area contributed by atoms with E-state index in [1.165, 1.54) is 39.8 Å². The Kier molecular flexibility index (Phi) is 5.22. The minimum Gasteiger partial charge on any atom is -0.493 e. The Hall–Kier alpha value is -2.78. The molecule has 1 aliphatic heterocycles. The number of aryl methyl sites for hydroxylation is 2. The van der Waals surface area contributed by atoms with E-state index in [4.69, 9.17) is 14.2 Å². The molecule has 0 amide bonds. The zero-order valence-corrected chi connectivity index (χ0v) is 20.7. The molecule has 0 aromatic heterocycles. The van der Waals surface area contributed by atoms with E-state index in [9.17, 15) is 0 Å². The average Bonchev–Trinajstić information content (AvgIpc) is 3.25. The molecule has 3 aromatic rings. The van der Waals surface area contributed by atoms with E-state index >= 15 is 0 Å². The lowest BCUT2D eigenvalue weighted by atomic mass is 9.90. The summed E-state index contributed by atoms with van der Waals surface area (Å²) in [6, 6.07) is 19.8. The highest BCUT2D eigenvalue weighted by Crippen LogP contribution is 2.61. The maximum atomic E-state index is 6.21. The fourth-order valence-corrected chi connectivity index (χ4v) is 6.04. The zero-order valence-electron chi connectivity index (χ0n) is 20.7. The largest absolute Gasteiger partial charge is 0.493 e. The van der Waals surface area contributed by atoms with Gasteiger partial charge in [-0.05, 0) is 107 Å². The van der Waals surface area contributed by atoms with E-state index in [0.717, 1.165) is 42.5 Å². The van der Waals surface area contributed by atoms with Gasteiger partial charge in [-0.3, -0.25) is 0 Å². The third-order valence-corrected chi connectivity index (χ3v) is 8.11. The summed E-state index contributed by atoms with van der Waals surface area (Å²) in [5.41, 5.74) is 9.35. The summed E-state index contributed by atoms with van der Waals surface area (Å²) in [5.74, 6) is 4.47. The summed E-state index contributed by atoms with van der Waals surface area (Å²) in [6.07, 6.45) is 1.22.